The van der Waals surface area contributed by atoms with Gasteiger partial charge < -0.3 is 5.32 Å². The summed E-state index contributed by atoms with van der Waals surface area (Å²) in [6, 6.07) is 9.77. The van der Waals surface area contributed by atoms with Crippen LogP contribution in [0.25, 0.3) is 0 Å². The van der Waals surface area contributed by atoms with E-state index in [1.54, 1.807) is 0 Å². The molecule has 106 valence electrons. The average molecular weight is 291 g/mol. The summed E-state index contributed by atoms with van der Waals surface area (Å²) in [5, 5.41) is 11.1. The number of hydrogen-bond donors (Lipinski definition) is 1. The number of carbonyl (C=O) groups excluding carboxylic acids is 1. The fourth-order valence-electron chi connectivity index (χ4n) is 1.52. The number of benzene rings is 1. The lowest BCUT2D eigenvalue weighted by atomic mass is 10.2. The zero-order chi connectivity index (χ0) is 15.5. The fraction of sp³-hybridized carbons (Fsp3) is 0.0714. The summed E-state index contributed by atoms with van der Waals surface area (Å²) in [7, 11) is 0. The number of carbonyl (C=O) groups is 1. The number of halogens is 3. The molecule has 0 aliphatic carbocycles. The highest BCUT2D eigenvalue weighted by Gasteiger charge is 2.30. The van der Waals surface area contributed by atoms with Crippen molar-refractivity contribution in [3.63, 3.8) is 0 Å². The first-order valence-electron chi connectivity index (χ1n) is 5.75. The Morgan fingerprint density at radius 1 is 1.14 bits per heavy atom. The van der Waals surface area contributed by atoms with Crippen LogP contribution in [0.1, 0.15) is 21.6 Å². The number of rotatable bonds is 2. The summed E-state index contributed by atoms with van der Waals surface area (Å²) < 4.78 is 37.1. The first-order chi connectivity index (χ1) is 9.90. The van der Waals surface area contributed by atoms with Crippen LogP contribution in [0.15, 0.2) is 42.6 Å². The molecule has 0 saturated carbocycles. The van der Waals surface area contributed by atoms with Crippen molar-refractivity contribution in [2.24, 2.45) is 0 Å². The number of nitrogens with zero attached hydrogens (tertiary/aromatic N) is 2. The number of hydrogen-bond acceptors (Lipinski definition) is 3. The van der Waals surface area contributed by atoms with Crippen molar-refractivity contribution in [2.45, 2.75) is 6.18 Å². The second-order valence-corrected chi connectivity index (χ2v) is 4.07. The van der Waals surface area contributed by atoms with Gasteiger partial charge in [0.1, 0.15) is 5.69 Å². The Morgan fingerprint density at radius 2 is 1.81 bits per heavy atom. The summed E-state index contributed by atoms with van der Waals surface area (Å²) in [5.41, 5.74) is -0.203. The number of nitrogens with one attached hydrogen (secondary N) is 1. The summed E-state index contributed by atoms with van der Waals surface area (Å²) in [6.45, 7) is 0. The van der Waals surface area contributed by atoms with Crippen LogP contribution >= 0.6 is 0 Å². The Kier molecular flexibility index (Phi) is 3.89. The first kappa shape index (κ1) is 14.5. The Morgan fingerprint density at radius 3 is 2.29 bits per heavy atom. The van der Waals surface area contributed by atoms with Crippen molar-refractivity contribution < 1.29 is 18.0 Å². The fourth-order valence-corrected chi connectivity index (χ4v) is 1.52. The molecule has 0 unspecified atom stereocenters. The van der Waals surface area contributed by atoms with Crippen molar-refractivity contribution in [1.29, 1.82) is 5.26 Å². The van der Waals surface area contributed by atoms with Crippen LogP contribution in [-0.4, -0.2) is 10.9 Å². The minimum absolute atomic E-state index is 0.132. The predicted octanol–water partition coefficient (Wildman–Crippen LogP) is 3.22. The number of aromatic nitrogens is 1. The second kappa shape index (κ2) is 5.63. The predicted molar refractivity (Wildman–Crippen MR) is 68.3 cm³/mol. The van der Waals surface area contributed by atoms with Crippen molar-refractivity contribution >= 4 is 11.6 Å². The van der Waals surface area contributed by atoms with E-state index in [0.29, 0.717) is 17.4 Å². The van der Waals surface area contributed by atoms with Gasteiger partial charge in [-0.05, 0) is 36.4 Å². The zero-order valence-corrected chi connectivity index (χ0v) is 10.5. The standard InChI is InChI=1S/C14H8F3N3O/c15-14(16,17)10-3-6-12(19-8-10)13(21)20-11-4-1-9(7-18)2-5-11/h1-6,8H,(H,20,21). The van der Waals surface area contributed by atoms with E-state index in [1.165, 1.54) is 24.3 Å². The van der Waals surface area contributed by atoms with Gasteiger partial charge in [0.05, 0.1) is 17.2 Å². The Labute approximate surface area is 117 Å². The quantitative estimate of drug-likeness (QED) is 0.923. The maximum atomic E-state index is 12.4. The number of alkyl halides is 3. The molecule has 0 saturated heterocycles. The van der Waals surface area contributed by atoms with Crippen molar-refractivity contribution in [3.8, 4) is 6.07 Å². The van der Waals surface area contributed by atoms with Crippen LogP contribution in [0.2, 0.25) is 0 Å². The number of amides is 1. The van der Waals surface area contributed by atoms with Gasteiger partial charge in [-0.3, -0.25) is 9.78 Å². The summed E-state index contributed by atoms with van der Waals surface area (Å²) in [4.78, 5) is 15.3. The monoisotopic (exact) mass is 291 g/mol. The molecule has 0 aliphatic rings. The molecule has 1 amide bonds. The molecule has 1 N–H and O–H groups in total. The third-order valence-electron chi connectivity index (χ3n) is 2.60. The van der Waals surface area contributed by atoms with E-state index in [4.69, 9.17) is 5.26 Å². The van der Waals surface area contributed by atoms with E-state index in [0.717, 1.165) is 12.1 Å². The van der Waals surface area contributed by atoms with Gasteiger partial charge in [0.25, 0.3) is 5.91 Å². The molecular formula is C14H8F3N3O. The first-order valence-corrected chi connectivity index (χ1v) is 5.75. The summed E-state index contributed by atoms with van der Waals surface area (Å²) in [6.07, 6.45) is -3.89. The van der Waals surface area contributed by atoms with Gasteiger partial charge in [0.2, 0.25) is 0 Å². The van der Waals surface area contributed by atoms with Gasteiger partial charge in [-0.2, -0.15) is 18.4 Å². The van der Waals surface area contributed by atoms with Gasteiger partial charge in [-0.25, -0.2) is 0 Å². The molecule has 1 heterocycles. The Hall–Kier alpha value is -2.88. The molecule has 1 aromatic carbocycles. The summed E-state index contributed by atoms with van der Waals surface area (Å²) in [5.74, 6) is -0.631. The molecule has 0 bridgehead atoms. The minimum Gasteiger partial charge on any atom is -0.321 e. The number of anilines is 1. The minimum atomic E-state index is -4.49. The van der Waals surface area contributed by atoms with E-state index in [-0.39, 0.29) is 5.69 Å². The topological polar surface area (TPSA) is 65.8 Å². The molecular weight excluding hydrogens is 283 g/mol. The van der Waals surface area contributed by atoms with Gasteiger partial charge in [0.15, 0.2) is 0 Å². The van der Waals surface area contributed by atoms with Crippen molar-refractivity contribution in [1.82, 2.24) is 4.98 Å². The molecule has 4 nitrogen and oxygen atoms in total. The lowest BCUT2D eigenvalue weighted by Gasteiger charge is -2.07. The van der Waals surface area contributed by atoms with E-state index in [2.05, 4.69) is 10.3 Å². The SMILES string of the molecule is N#Cc1ccc(NC(=O)c2ccc(C(F)(F)F)cn2)cc1. The lowest BCUT2D eigenvalue weighted by Crippen LogP contribution is -2.14. The largest absolute Gasteiger partial charge is 0.417 e. The van der Waals surface area contributed by atoms with Gasteiger partial charge >= 0.3 is 6.18 Å². The van der Waals surface area contributed by atoms with Gasteiger partial charge in [0, 0.05) is 11.9 Å². The Bertz CT molecular complexity index is 685. The van der Waals surface area contributed by atoms with E-state index in [9.17, 15) is 18.0 Å². The highest BCUT2D eigenvalue weighted by atomic mass is 19.4. The van der Waals surface area contributed by atoms with E-state index in [1.807, 2.05) is 6.07 Å². The van der Waals surface area contributed by atoms with Gasteiger partial charge in [-0.15, -0.1) is 0 Å². The molecule has 2 rings (SSSR count). The zero-order valence-electron chi connectivity index (χ0n) is 10.5. The van der Waals surface area contributed by atoms with Crippen LogP contribution in [0.5, 0.6) is 0 Å². The average Bonchev–Trinajstić information content (AvgIpc) is 2.47. The normalized spacial score (nSPS) is 10.8. The molecule has 0 radical (unpaired) electrons. The van der Waals surface area contributed by atoms with Crippen molar-refractivity contribution in [3.05, 3.63) is 59.4 Å². The molecule has 0 aliphatic heterocycles. The molecule has 1 aromatic heterocycles. The molecule has 7 heteroatoms. The Balaban J connectivity index is 2.11. The van der Waals surface area contributed by atoms with Crippen LogP contribution in [0, 0.1) is 11.3 Å². The third-order valence-corrected chi connectivity index (χ3v) is 2.60. The maximum Gasteiger partial charge on any atom is 0.417 e. The summed E-state index contributed by atoms with van der Waals surface area (Å²) >= 11 is 0. The third kappa shape index (κ3) is 3.57. The van der Waals surface area contributed by atoms with Gasteiger partial charge in [-0.1, -0.05) is 0 Å². The van der Waals surface area contributed by atoms with Crippen molar-refractivity contribution in [2.75, 3.05) is 5.32 Å². The van der Waals surface area contributed by atoms with E-state index >= 15 is 0 Å². The number of nitriles is 1. The van der Waals surface area contributed by atoms with Crippen LogP contribution in [0.3, 0.4) is 0 Å². The highest BCUT2D eigenvalue weighted by molar-refractivity contribution is 6.02. The molecule has 2 aromatic rings. The smallest absolute Gasteiger partial charge is 0.321 e. The molecule has 0 spiro atoms. The second-order valence-electron chi connectivity index (χ2n) is 4.07. The van der Waals surface area contributed by atoms with Crippen LogP contribution in [-0.2, 0) is 6.18 Å². The van der Waals surface area contributed by atoms with Crippen LogP contribution in [0.4, 0.5) is 18.9 Å². The van der Waals surface area contributed by atoms with E-state index < -0.39 is 17.6 Å². The lowest BCUT2D eigenvalue weighted by molar-refractivity contribution is -0.137. The maximum absolute atomic E-state index is 12.4. The number of pyridine rings is 1. The van der Waals surface area contributed by atoms with Crippen LogP contribution < -0.4 is 5.32 Å². The highest BCUT2D eigenvalue weighted by Crippen LogP contribution is 2.28. The molecule has 0 atom stereocenters. The molecule has 0 fully saturated rings. The molecule has 21 heavy (non-hydrogen) atoms.